The van der Waals surface area contributed by atoms with Gasteiger partial charge in [-0.15, -0.1) is 0 Å². The minimum Gasteiger partial charge on any atom is -0.456 e. The molecule has 0 amide bonds. The minimum absolute atomic E-state index is 0.0649. The summed E-state index contributed by atoms with van der Waals surface area (Å²) in [4.78, 5) is 5.51. The van der Waals surface area contributed by atoms with Crippen molar-refractivity contribution in [2.24, 2.45) is 5.92 Å². The van der Waals surface area contributed by atoms with Gasteiger partial charge in [-0.3, -0.25) is 10.3 Å². The van der Waals surface area contributed by atoms with Crippen LogP contribution < -0.4 is 5.32 Å². The summed E-state index contributed by atoms with van der Waals surface area (Å²) in [5.74, 6) is 1.22. The normalized spacial score (nSPS) is 18.9. The van der Waals surface area contributed by atoms with Crippen LogP contribution in [0.1, 0.15) is 46.6 Å². The third-order valence-electron chi connectivity index (χ3n) is 11.2. The second-order valence-corrected chi connectivity index (χ2v) is 14.2. The molecule has 4 heteroatoms. The monoisotopic (exact) mass is 670 g/mol. The van der Waals surface area contributed by atoms with E-state index in [1.807, 2.05) is 12.1 Å². The lowest BCUT2D eigenvalue weighted by Gasteiger charge is -2.35. The van der Waals surface area contributed by atoms with Gasteiger partial charge in [-0.2, -0.15) is 0 Å². The highest BCUT2D eigenvalue weighted by atomic mass is 16.3. The lowest BCUT2D eigenvalue weighted by molar-refractivity contribution is 0.408. The van der Waals surface area contributed by atoms with Gasteiger partial charge in [0.15, 0.2) is 0 Å². The zero-order valence-electron chi connectivity index (χ0n) is 28.4. The highest BCUT2D eigenvalue weighted by Gasteiger charge is 2.32. The topological polar surface area (TPSA) is 51.2 Å². The Bertz CT molecular complexity index is 2800. The third-order valence-corrected chi connectivity index (χ3v) is 11.2. The summed E-state index contributed by atoms with van der Waals surface area (Å²) < 4.78 is 12.7. The molecule has 3 aromatic heterocycles. The van der Waals surface area contributed by atoms with E-state index in [0.29, 0.717) is 0 Å². The van der Waals surface area contributed by atoms with E-state index in [1.165, 1.54) is 16.5 Å². The number of rotatable bonds is 4. The summed E-state index contributed by atoms with van der Waals surface area (Å²) in [6.07, 6.45) is 15.5. The highest BCUT2D eigenvalue weighted by Crippen LogP contribution is 2.42. The number of nitrogens with one attached hydrogen (secondary N) is 1. The first-order chi connectivity index (χ1) is 25.7. The van der Waals surface area contributed by atoms with Gasteiger partial charge in [0.1, 0.15) is 22.5 Å². The van der Waals surface area contributed by atoms with Crippen molar-refractivity contribution in [2.45, 2.75) is 24.9 Å². The Balaban J connectivity index is 1.06. The molecule has 0 bridgehead atoms. The van der Waals surface area contributed by atoms with Crippen molar-refractivity contribution in [3.63, 3.8) is 0 Å². The van der Waals surface area contributed by atoms with E-state index < -0.39 is 0 Å². The highest BCUT2D eigenvalue weighted by molar-refractivity contribution is 6.06. The van der Waals surface area contributed by atoms with Crippen LogP contribution in [-0.4, -0.2) is 4.98 Å². The number of para-hydroxylation sites is 1. The molecule has 1 aliphatic heterocycles. The second kappa shape index (κ2) is 11.7. The van der Waals surface area contributed by atoms with Gasteiger partial charge in [-0.05, 0) is 88.7 Å². The average Bonchev–Trinajstić information content (AvgIpc) is 3.78. The first kappa shape index (κ1) is 29.5. The molecule has 3 aliphatic rings. The van der Waals surface area contributed by atoms with Gasteiger partial charge >= 0.3 is 0 Å². The van der Waals surface area contributed by atoms with E-state index in [0.717, 1.165) is 90.9 Å². The standard InChI is InChI=1S/C48H34N2O2/c1-2-8-29(9-3-1)41-24-19-30-14-15-31-20-25-42(50-48(31)47(30)49-41)40-26-32(33-17-22-38-36-10-4-6-12-43(36)51-45(38)27-33)16-21-35(40)34-18-23-39-37-11-5-7-13-44(37)52-46(39)28-34/h1-3,5-9,11-28,30,41,47,49H,4,10H2. The summed E-state index contributed by atoms with van der Waals surface area (Å²) in [7, 11) is 0. The maximum absolute atomic E-state index is 6.36. The fourth-order valence-electron chi connectivity index (χ4n) is 8.50. The molecule has 8 aromatic rings. The molecule has 11 rings (SSSR count). The van der Waals surface area contributed by atoms with Crippen LogP contribution in [0.4, 0.5) is 0 Å². The molecular formula is C48H34N2O2. The zero-order chi connectivity index (χ0) is 34.2. The molecule has 1 N–H and O–H groups in total. The van der Waals surface area contributed by atoms with Crippen LogP contribution in [-0.2, 0) is 6.42 Å². The fourth-order valence-corrected chi connectivity index (χ4v) is 8.50. The van der Waals surface area contributed by atoms with E-state index >= 15 is 0 Å². The van der Waals surface area contributed by atoms with Crippen LogP contribution in [0.5, 0.6) is 0 Å². The van der Waals surface area contributed by atoms with Gasteiger partial charge in [0, 0.05) is 33.2 Å². The molecule has 3 unspecified atom stereocenters. The van der Waals surface area contributed by atoms with Crippen LogP contribution in [0.2, 0.25) is 0 Å². The summed E-state index contributed by atoms with van der Waals surface area (Å²) in [6.45, 7) is 0. The molecule has 0 radical (unpaired) electrons. The number of benzene rings is 5. The molecular weight excluding hydrogens is 637 g/mol. The van der Waals surface area contributed by atoms with Crippen LogP contribution in [0.15, 0.2) is 154 Å². The maximum atomic E-state index is 6.36. The van der Waals surface area contributed by atoms with Crippen molar-refractivity contribution in [2.75, 3.05) is 0 Å². The van der Waals surface area contributed by atoms with E-state index in [4.69, 9.17) is 13.8 Å². The number of hydrogen-bond donors (Lipinski definition) is 1. The number of nitrogens with zero attached hydrogens (tertiary/aromatic N) is 1. The molecule has 0 fully saturated rings. The number of hydrogen-bond acceptors (Lipinski definition) is 4. The predicted octanol–water partition coefficient (Wildman–Crippen LogP) is 12.3. The summed E-state index contributed by atoms with van der Waals surface area (Å²) in [5.41, 5.74) is 14.0. The van der Waals surface area contributed by atoms with Crippen LogP contribution >= 0.6 is 0 Å². The van der Waals surface area contributed by atoms with Crippen molar-refractivity contribution in [1.82, 2.24) is 10.3 Å². The lowest BCUT2D eigenvalue weighted by Crippen LogP contribution is -2.35. The summed E-state index contributed by atoms with van der Waals surface area (Å²) >= 11 is 0. The van der Waals surface area contributed by atoms with Crippen molar-refractivity contribution in [1.29, 1.82) is 0 Å². The number of aromatic nitrogens is 1. The van der Waals surface area contributed by atoms with Gasteiger partial charge < -0.3 is 8.83 Å². The van der Waals surface area contributed by atoms with Gasteiger partial charge in [-0.1, -0.05) is 115 Å². The van der Waals surface area contributed by atoms with Crippen LogP contribution in [0, 0.1) is 5.92 Å². The van der Waals surface area contributed by atoms with Crippen molar-refractivity contribution in [3.8, 4) is 33.5 Å². The SMILES string of the molecule is C1=Cc2oc3cc(-c4ccc(-c5ccc6c(c5)oc5ccccc56)c(-c5ccc6c(n5)C5NC(c7ccccc7)C=CC5C=C6)c4)ccc3c2CC1. The summed E-state index contributed by atoms with van der Waals surface area (Å²) in [5, 5.41) is 7.39. The van der Waals surface area contributed by atoms with E-state index in [1.54, 1.807) is 0 Å². The largest absolute Gasteiger partial charge is 0.456 e. The fraction of sp³-hybridized carbons (Fsp3) is 0.104. The third kappa shape index (κ3) is 4.75. The predicted molar refractivity (Wildman–Crippen MR) is 212 cm³/mol. The Kier molecular flexibility index (Phi) is 6.61. The first-order valence-electron chi connectivity index (χ1n) is 18.2. The Morgan fingerprint density at radius 1 is 0.596 bits per heavy atom. The molecule has 3 atom stereocenters. The molecule has 0 saturated carbocycles. The van der Waals surface area contributed by atoms with Gasteiger partial charge in [-0.25, -0.2) is 0 Å². The Morgan fingerprint density at radius 3 is 2.35 bits per heavy atom. The zero-order valence-corrected chi connectivity index (χ0v) is 28.4. The van der Waals surface area contributed by atoms with Crippen LogP contribution in [0.3, 0.4) is 0 Å². The van der Waals surface area contributed by atoms with Crippen molar-refractivity contribution < 1.29 is 8.83 Å². The number of fused-ring (bicyclic) bond motifs is 9. The Morgan fingerprint density at radius 2 is 1.38 bits per heavy atom. The van der Waals surface area contributed by atoms with E-state index in [2.05, 4.69) is 151 Å². The average molecular weight is 671 g/mol. The van der Waals surface area contributed by atoms with Crippen molar-refractivity contribution >= 4 is 45.1 Å². The Labute approximate surface area is 301 Å². The Hall–Kier alpha value is -6.23. The molecule has 248 valence electrons. The number of aryl methyl sites for hydroxylation is 1. The lowest BCUT2D eigenvalue weighted by atomic mass is 9.83. The summed E-state index contributed by atoms with van der Waals surface area (Å²) in [6, 6.07) is 43.5. The molecule has 5 aromatic carbocycles. The molecule has 4 nitrogen and oxygen atoms in total. The molecule has 52 heavy (non-hydrogen) atoms. The molecule has 0 saturated heterocycles. The molecule has 4 heterocycles. The minimum atomic E-state index is 0.0649. The maximum Gasteiger partial charge on any atom is 0.136 e. The molecule has 0 spiro atoms. The van der Waals surface area contributed by atoms with Crippen molar-refractivity contribution in [3.05, 3.63) is 174 Å². The second-order valence-electron chi connectivity index (χ2n) is 14.2. The van der Waals surface area contributed by atoms with Gasteiger partial charge in [0.2, 0.25) is 0 Å². The quantitative estimate of drug-likeness (QED) is 0.189. The van der Waals surface area contributed by atoms with Crippen LogP contribution in [0.25, 0.3) is 78.6 Å². The first-order valence-corrected chi connectivity index (χ1v) is 18.2. The van der Waals surface area contributed by atoms with Gasteiger partial charge in [0.25, 0.3) is 0 Å². The number of furan rings is 2. The van der Waals surface area contributed by atoms with E-state index in [9.17, 15) is 0 Å². The van der Waals surface area contributed by atoms with Gasteiger partial charge in [0.05, 0.1) is 23.5 Å². The van der Waals surface area contributed by atoms with E-state index in [-0.39, 0.29) is 18.0 Å². The number of allylic oxidation sites excluding steroid dienone is 1. The molecule has 2 aliphatic carbocycles. The smallest absolute Gasteiger partial charge is 0.136 e. The number of pyridine rings is 1.